The summed E-state index contributed by atoms with van der Waals surface area (Å²) in [7, 11) is -4.02. The molecule has 1 saturated heterocycles. The normalized spacial score (nSPS) is 19.7. The zero-order chi connectivity index (χ0) is 25.6. The van der Waals surface area contributed by atoms with Crippen molar-refractivity contribution in [1.29, 1.82) is 0 Å². The van der Waals surface area contributed by atoms with Gasteiger partial charge in [0.1, 0.15) is 11.4 Å². The van der Waals surface area contributed by atoms with Crippen LogP contribution in [0.3, 0.4) is 0 Å². The molecule has 3 atom stereocenters. The summed E-state index contributed by atoms with van der Waals surface area (Å²) in [6, 6.07) is 18.4. The summed E-state index contributed by atoms with van der Waals surface area (Å²) in [6.07, 6.45) is -0.163. The first-order valence-electron chi connectivity index (χ1n) is 11.9. The topological polar surface area (TPSA) is 90.0 Å². The molecule has 0 bridgehead atoms. The number of ether oxygens (including phenoxy) is 2. The van der Waals surface area contributed by atoms with E-state index in [1.165, 1.54) is 13.8 Å². The molecular weight excluding hydrogens is 466 g/mol. The van der Waals surface area contributed by atoms with Crippen molar-refractivity contribution in [3.63, 3.8) is 0 Å². The van der Waals surface area contributed by atoms with E-state index in [2.05, 4.69) is 0 Å². The number of rotatable bonds is 9. The smallest absolute Gasteiger partial charge is 0.310 e. The number of hydrogen-bond acceptors (Lipinski definition) is 6. The van der Waals surface area contributed by atoms with Crippen LogP contribution in [-0.2, 0) is 41.9 Å². The van der Waals surface area contributed by atoms with Crippen molar-refractivity contribution >= 4 is 21.7 Å². The van der Waals surface area contributed by atoms with Gasteiger partial charge in [-0.05, 0) is 45.2 Å². The lowest BCUT2D eigenvalue weighted by Crippen LogP contribution is -2.57. The van der Waals surface area contributed by atoms with Crippen LogP contribution in [0.4, 0.5) is 0 Å². The van der Waals surface area contributed by atoms with Crippen molar-refractivity contribution in [3.8, 4) is 0 Å². The maximum absolute atomic E-state index is 13.6. The molecule has 2 aromatic carbocycles. The first kappa shape index (κ1) is 26.9. The minimum absolute atomic E-state index is 0.0525. The molecule has 0 saturated carbocycles. The highest BCUT2D eigenvalue weighted by Crippen LogP contribution is 2.27. The van der Waals surface area contributed by atoms with Crippen molar-refractivity contribution < 1.29 is 27.5 Å². The van der Waals surface area contributed by atoms with Crippen molar-refractivity contribution in [2.24, 2.45) is 5.92 Å². The minimum Gasteiger partial charge on any atom is -0.461 e. The SMILES string of the molecule is C[C@@H]1CN(C(=O)C(C)(C)S(=O)(=O)CC(Cc2ccccc2)C(=O)OCc2ccccc2)C[C@H](C)O1. The van der Waals surface area contributed by atoms with E-state index >= 15 is 0 Å². The van der Waals surface area contributed by atoms with E-state index in [0.29, 0.717) is 13.1 Å². The summed E-state index contributed by atoms with van der Waals surface area (Å²) in [4.78, 5) is 28.0. The van der Waals surface area contributed by atoms with Gasteiger partial charge in [0.15, 0.2) is 9.84 Å². The Balaban J connectivity index is 1.79. The summed E-state index contributed by atoms with van der Waals surface area (Å²) in [6.45, 7) is 7.26. The molecule has 0 aromatic heterocycles. The number of carbonyl (C=O) groups is 2. The molecule has 0 spiro atoms. The van der Waals surface area contributed by atoms with Gasteiger partial charge in [-0.15, -0.1) is 0 Å². The van der Waals surface area contributed by atoms with Crippen LogP contribution in [0.25, 0.3) is 0 Å². The number of hydrogen-bond donors (Lipinski definition) is 0. The van der Waals surface area contributed by atoms with Crippen LogP contribution < -0.4 is 0 Å². The largest absolute Gasteiger partial charge is 0.461 e. The molecule has 8 heteroatoms. The highest BCUT2D eigenvalue weighted by molar-refractivity contribution is 7.93. The number of morpholine rings is 1. The van der Waals surface area contributed by atoms with Crippen molar-refractivity contribution in [3.05, 3.63) is 71.8 Å². The second-order valence-corrected chi connectivity index (χ2v) is 12.3. The van der Waals surface area contributed by atoms with Crippen LogP contribution in [0.15, 0.2) is 60.7 Å². The fourth-order valence-corrected chi connectivity index (χ4v) is 5.88. The monoisotopic (exact) mass is 501 g/mol. The Hall–Kier alpha value is -2.71. The Morgan fingerprint density at radius 2 is 1.49 bits per heavy atom. The molecule has 1 amide bonds. The van der Waals surface area contributed by atoms with Gasteiger partial charge >= 0.3 is 5.97 Å². The van der Waals surface area contributed by atoms with Gasteiger partial charge in [-0.3, -0.25) is 9.59 Å². The van der Waals surface area contributed by atoms with E-state index in [1.54, 1.807) is 4.90 Å². The van der Waals surface area contributed by atoms with Crippen LogP contribution in [0.2, 0.25) is 0 Å². The fraction of sp³-hybridized carbons (Fsp3) is 0.481. The first-order chi connectivity index (χ1) is 16.5. The van der Waals surface area contributed by atoms with Crippen molar-refractivity contribution in [1.82, 2.24) is 4.90 Å². The molecule has 0 N–H and O–H groups in total. The lowest BCUT2D eigenvalue weighted by molar-refractivity contribution is -0.149. The predicted molar refractivity (Wildman–Crippen MR) is 134 cm³/mol. The number of esters is 1. The zero-order valence-corrected chi connectivity index (χ0v) is 21.7. The van der Waals surface area contributed by atoms with E-state index in [9.17, 15) is 18.0 Å². The molecule has 1 aliphatic heterocycles. The standard InChI is InChI=1S/C27H35NO6S/c1-20-16-28(17-21(2)34-20)26(30)27(3,4)35(31,32)19-24(15-22-11-7-5-8-12-22)25(29)33-18-23-13-9-6-10-14-23/h5-14,20-21,24H,15-19H2,1-4H3/t20-,21+,24?. The van der Waals surface area contributed by atoms with Crippen molar-refractivity contribution in [2.75, 3.05) is 18.8 Å². The Morgan fingerprint density at radius 1 is 0.971 bits per heavy atom. The van der Waals surface area contributed by atoms with E-state index in [-0.39, 0.29) is 25.2 Å². The molecule has 1 aliphatic rings. The summed E-state index contributed by atoms with van der Waals surface area (Å²) < 4.78 is 36.7. The van der Waals surface area contributed by atoms with Crippen LogP contribution in [0, 0.1) is 5.92 Å². The number of carbonyl (C=O) groups excluding carboxylic acids is 2. The molecule has 1 unspecified atom stereocenters. The summed E-state index contributed by atoms with van der Waals surface area (Å²) >= 11 is 0. The average Bonchev–Trinajstić information content (AvgIpc) is 2.82. The maximum atomic E-state index is 13.6. The zero-order valence-electron chi connectivity index (χ0n) is 20.8. The van der Waals surface area contributed by atoms with Gasteiger partial charge in [-0.1, -0.05) is 60.7 Å². The quantitative estimate of drug-likeness (QED) is 0.489. The van der Waals surface area contributed by atoms with E-state index in [4.69, 9.17) is 9.47 Å². The van der Waals surface area contributed by atoms with Crippen molar-refractivity contribution in [2.45, 2.75) is 57.7 Å². The number of amides is 1. The Kier molecular flexibility index (Phi) is 8.72. The highest BCUT2D eigenvalue weighted by Gasteiger charge is 2.47. The van der Waals surface area contributed by atoms with Gasteiger partial charge < -0.3 is 14.4 Å². The van der Waals surface area contributed by atoms with Gasteiger partial charge in [-0.25, -0.2) is 8.42 Å². The minimum atomic E-state index is -4.02. The number of benzene rings is 2. The third kappa shape index (κ3) is 6.92. The summed E-state index contributed by atoms with van der Waals surface area (Å²) in [5, 5.41) is 0. The molecule has 7 nitrogen and oxygen atoms in total. The lowest BCUT2D eigenvalue weighted by atomic mass is 10.0. The van der Waals surface area contributed by atoms with Gasteiger partial charge in [-0.2, -0.15) is 0 Å². The highest BCUT2D eigenvalue weighted by atomic mass is 32.2. The molecule has 1 fully saturated rings. The Morgan fingerprint density at radius 3 is 2.03 bits per heavy atom. The van der Waals surface area contributed by atoms with Crippen LogP contribution >= 0.6 is 0 Å². The fourth-order valence-electron chi connectivity index (χ4n) is 4.29. The number of sulfone groups is 1. The van der Waals surface area contributed by atoms with Gasteiger partial charge in [0, 0.05) is 13.1 Å². The Labute approximate surface area is 208 Å². The molecule has 190 valence electrons. The van der Waals surface area contributed by atoms with Crippen LogP contribution in [-0.4, -0.2) is 61.0 Å². The summed E-state index contributed by atoms with van der Waals surface area (Å²) in [5.74, 6) is -2.50. The number of nitrogens with zero attached hydrogens (tertiary/aromatic N) is 1. The molecule has 0 radical (unpaired) electrons. The molecule has 2 aromatic rings. The summed E-state index contributed by atoms with van der Waals surface area (Å²) in [5.41, 5.74) is 1.64. The molecule has 3 rings (SSSR count). The second-order valence-electron chi connectivity index (χ2n) is 9.74. The first-order valence-corrected chi connectivity index (χ1v) is 13.6. The molecule has 0 aliphatic carbocycles. The Bertz CT molecular complexity index is 1090. The maximum Gasteiger partial charge on any atom is 0.310 e. The van der Waals surface area contributed by atoms with Crippen LogP contribution in [0.5, 0.6) is 0 Å². The van der Waals surface area contributed by atoms with E-state index < -0.39 is 38.1 Å². The van der Waals surface area contributed by atoms with Gasteiger partial charge in [0.05, 0.1) is 23.9 Å². The average molecular weight is 502 g/mol. The van der Waals surface area contributed by atoms with Gasteiger partial charge in [0.25, 0.3) is 0 Å². The van der Waals surface area contributed by atoms with Gasteiger partial charge in [0.2, 0.25) is 5.91 Å². The predicted octanol–water partition coefficient (Wildman–Crippen LogP) is 3.42. The van der Waals surface area contributed by atoms with E-state index in [1.807, 2.05) is 74.5 Å². The van der Waals surface area contributed by atoms with Crippen LogP contribution in [0.1, 0.15) is 38.8 Å². The third-order valence-corrected chi connectivity index (χ3v) is 8.87. The molecule has 1 heterocycles. The van der Waals surface area contributed by atoms with E-state index in [0.717, 1.165) is 11.1 Å². The second kappa shape index (κ2) is 11.4. The molecule has 35 heavy (non-hydrogen) atoms. The molecular formula is C27H35NO6S. The third-order valence-electron chi connectivity index (χ3n) is 6.30. The lowest BCUT2D eigenvalue weighted by Gasteiger charge is -2.39.